The summed E-state index contributed by atoms with van der Waals surface area (Å²) in [6.45, 7) is 2.97. The molecule has 1 aliphatic heterocycles. The Bertz CT molecular complexity index is 500. The first-order valence-corrected chi connectivity index (χ1v) is 7.10. The molecule has 2 unspecified atom stereocenters. The molecule has 1 saturated heterocycles. The van der Waals surface area contributed by atoms with E-state index in [1.54, 1.807) is 7.05 Å². The van der Waals surface area contributed by atoms with Crippen molar-refractivity contribution in [1.29, 1.82) is 0 Å². The van der Waals surface area contributed by atoms with Gasteiger partial charge in [0.05, 0.1) is 6.20 Å². The first kappa shape index (κ1) is 15.4. The minimum atomic E-state index is -3.41. The molecular weight excluding hydrogens is 276 g/mol. The molecule has 0 saturated carbocycles. The molecule has 1 aromatic heterocycles. The van der Waals surface area contributed by atoms with Gasteiger partial charge in [-0.25, -0.2) is 8.42 Å². The van der Waals surface area contributed by atoms with Gasteiger partial charge in [0, 0.05) is 26.2 Å². The molecule has 104 valence electrons. The van der Waals surface area contributed by atoms with Crippen molar-refractivity contribution in [1.82, 2.24) is 14.1 Å². The highest BCUT2D eigenvalue weighted by Gasteiger charge is 2.35. The van der Waals surface area contributed by atoms with Crippen molar-refractivity contribution in [2.24, 2.45) is 18.7 Å². The summed E-state index contributed by atoms with van der Waals surface area (Å²) in [5.41, 5.74) is 5.81. The third-order valence-electron chi connectivity index (χ3n) is 3.31. The average molecular weight is 295 g/mol. The lowest BCUT2D eigenvalue weighted by molar-refractivity contribution is 0.424. The molecule has 0 bridgehead atoms. The maximum absolute atomic E-state index is 12.3. The van der Waals surface area contributed by atoms with Crippen LogP contribution in [0.15, 0.2) is 17.3 Å². The number of hydrogen-bond acceptors (Lipinski definition) is 4. The highest BCUT2D eigenvalue weighted by atomic mass is 35.5. The first-order valence-electron chi connectivity index (χ1n) is 5.66. The maximum Gasteiger partial charge on any atom is 0.260 e. The number of aromatic nitrogens is 2. The fourth-order valence-electron chi connectivity index (χ4n) is 2.15. The van der Waals surface area contributed by atoms with Gasteiger partial charge in [-0.15, -0.1) is 12.4 Å². The highest BCUT2D eigenvalue weighted by Crippen LogP contribution is 2.25. The van der Waals surface area contributed by atoms with Crippen molar-refractivity contribution in [3.8, 4) is 0 Å². The van der Waals surface area contributed by atoms with Crippen LogP contribution in [0.4, 0.5) is 0 Å². The predicted octanol–water partition coefficient (Wildman–Crippen LogP) is 0.200. The molecule has 1 aliphatic rings. The lowest BCUT2D eigenvalue weighted by Crippen LogP contribution is -2.33. The van der Waals surface area contributed by atoms with Crippen LogP contribution in [0.1, 0.15) is 13.3 Å². The molecule has 0 radical (unpaired) electrons. The quantitative estimate of drug-likeness (QED) is 0.863. The van der Waals surface area contributed by atoms with Gasteiger partial charge in [0.2, 0.25) is 0 Å². The van der Waals surface area contributed by atoms with Gasteiger partial charge in [-0.05, 0) is 25.3 Å². The van der Waals surface area contributed by atoms with Crippen LogP contribution in [0.2, 0.25) is 0 Å². The van der Waals surface area contributed by atoms with Gasteiger partial charge in [-0.2, -0.15) is 9.40 Å². The van der Waals surface area contributed by atoms with Crippen molar-refractivity contribution >= 4 is 22.4 Å². The van der Waals surface area contributed by atoms with E-state index < -0.39 is 10.0 Å². The molecule has 1 fully saturated rings. The molecule has 6 nitrogen and oxygen atoms in total. The maximum atomic E-state index is 12.3. The van der Waals surface area contributed by atoms with E-state index in [2.05, 4.69) is 5.10 Å². The second-order valence-corrected chi connectivity index (χ2v) is 6.45. The second kappa shape index (κ2) is 5.56. The van der Waals surface area contributed by atoms with Gasteiger partial charge in [-0.1, -0.05) is 0 Å². The van der Waals surface area contributed by atoms with E-state index in [4.69, 9.17) is 5.73 Å². The van der Waals surface area contributed by atoms with Crippen molar-refractivity contribution in [2.75, 3.05) is 13.1 Å². The Hall–Kier alpha value is -0.630. The van der Waals surface area contributed by atoms with Crippen LogP contribution in [-0.2, 0) is 17.1 Å². The summed E-state index contributed by atoms with van der Waals surface area (Å²) in [4.78, 5) is 0. The van der Waals surface area contributed by atoms with E-state index in [1.807, 2.05) is 6.92 Å². The minimum absolute atomic E-state index is 0. The molecule has 2 atom stereocenters. The number of rotatable bonds is 3. The zero-order valence-corrected chi connectivity index (χ0v) is 12.1. The van der Waals surface area contributed by atoms with Crippen LogP contribution in [0, 0.1) is 5.92 Å². The fourth-order valence-corrected chi connectivity index (χ4v) is 3.76. The standard InChI is InChI=1S/C10H18N4O2S.ClH/c1-8(11)9-4-6-14(7-9)17(15,16)10-3-5-12-13(10)2;/h3,5,8-9H,4,6-7,11H2,1-2H3;1H. The van der Waals surface area contributed by atoms with Gasteiger partial charge in [0.25, 0.3) is 10.0 Å². The van der Waals surface area contributed by atoms with E-state index in [1.165, 1.54) is 21.3 Å². The highest BCUT2D eigenvalue weighted by molar-refractivity contribution is 7.89. The van der Waals surface area contributed by atoms with E-state index in [9.17, 15) is 8.42 Å². The zero-order chi connectivity index (χ0) is 12.6. The molecular formula is C10H19ClN4O2S. The summed E-state index contributed by atoms with van der Waals surface area (Å²) in [5, 5.41) is 4.13. The molecule has 0 aromatic carbocycles. The Balaban J connectivity index is 0.00000162. The SMILES string of the molecule is CC(N)C1CCN(S(=O)(=O)c2ccnn2C)C1.Cl. The molecule has 8 heteroatoms. The Morgan fingerprint density at radius 3 is 2.67 bits per heavy atom. The number of halogens is 1. The van der Waals surface area contributed by atoms with Gasteiger partial charge in [-0.3, -0.25) is 4.68 Å². The topological polar surface area (TPSA) is 81.2 Å². The molecule has 0 spiro atoms. The summed E-state index contributed by atoms with van der Waals surface area (Å²) in [6.07, 6.45) is 2.32. The summed E-state index contributed by atoms with van der Waals surface area (Å²) in [5.74, 6) is 0.248. The Labute approximate surface area is 114 Å². The normalized spacial score (nSPS) is 22.7. The average Bonchev–Trinajstić information content (AvgIpc) is 2.84. The molecule has 18 heavy (non-hydrogen) atoms. The number of aryl methyl sites for hydroxylation is 1. The Morgan fingerprint density at radius 2 is 2.22 bits per heavy atom. The molecule has 2 N–H and O–H groups in total. The summed E-state index contributed by atoms with van der Waals surface area (Å²) in [6, 6.07) is 1.55. The van der Waals surface area contributed by atoms with Crippen LogP contribution in [0.5, 0.6) is 0 Å². The molecule has 2 heterocycles. The monoisotopic (exact) mass is 294 g/mol. The van der Waals surface area contributed by atoms with Crippen LogP contribution in [0.3, 0.4) is 0 Å². The molecule has 0 amide bonds. The van der Waals surface area contributed by atoms with Crippen LogP contribution >= 0.6 is 12.4 Å². The van der Waals surface area contributed by atoms with E-state index in [0.29, 0.717) is 13.1 Å². The molecule has 2 rings (SSSR count). The number of sulfonamides is 1. The van der Waals surface area contributed by atoms with Crippen molar-refractivity contribution in [3.05, 3.63) is 12.3 Å². The van der Waals surface area contributed by atoms with Crippen LogP contribution < -0.4 is 5.73 Å². The lowest BCUT2D eigenvalue weighted by Gasteiger charge is -2.17. The van der Waals surface area contributed by atoms with Gasteiger partial charge >= 0.3 is 0 Å². The predicted molar refractivity (Wildman–Crippen MR) is 71.0 cm³/mol. The number of hydrogen-bond donors (Lipinski definition) is 1. The summed E-state index contributed by atoms with van der Waals surface area (Å²) < 4.78 is 27.5. The van der Waals surface area contributed by atoms with E-state index in [-0.39, 0.29) is 29.4 Å². The Morgan fingerprint density at radius 1 is 1.56 bits per heavy atom. The van der Waals surface area contributed by atoms with Crippen molar-refractivity contribution in [3.63, 3.8) is 0 Å². The Kier molecular flexibility index (Phi) is 4.77. The van der Waals surface area contributed by atoms with E-state index in [0.717, 1.165) is 6.42 Å². The van der Waals surface area contributed by atoms with Crippen LogP contribution in [-0.4, -0.2) is 41.6 Å². The minimum Gasteiger partial charge on any atom is -0.328 e. The van der Waals surface area contributed by atoms with E-state index >= 15 is 0 Å². The first-order chi connectivity index (χ1) is 7.93. The summed E-state index contributed by atoms with van der Waals surface area (Å²) in [7, 11) is -1.78. The van der Waals surface area contributed by atoms with Crippen molar-refractivity contribution < 1.29 is 8.42 Å². The second-order valence-electron chi connectivity index (χ2n) is 4.56. The van der Waals surface area contributed by atoms with Crippen LogP contribution in [0.25, 0.3) is 0 Å². The third kappa shape index (κ3) is 2.69. The molecule has 0 aliphatic carbocycles. The fraction of sp³-hybridized carbons (Fsp3) is 0.700. The third-order valence-corrected chi connectivity index (χ3v) is 5.25. The number of nitrogens with two attached hydrogens (primary N) is 1. The lowest BCUT2D eigenvalue weighted by atomic mass is 10.0. The van der Waals surface area contributed by atoms with Gasteiger partial charge in [0.15, 0.2) is 5.03 Å². The number of nitrogens with zero attached hydrogens (tertiary/aromatic N) is 3. The largest absolute Gasteiger partial charge is 0.328 e. The van der Waals surface area contributed by atoms with Crippen molar-refractivity contribution in [2.45, 2.75) is 24.4 Å². The smallest absolute Gasteiger partial charge is 0.260 e. The summed E-state index contributed by atoms with van der Waals surface area (Å²) >= 11 is 0. The van der Waals surface area contributed by atoms with Gasteiger partial charge in [0.1, 0.15) is 0 Å². The zero-order valence-electron chi connectivity index (χ0n) is 10.5. The van der Waals surface area contributed by atoms with Gasteiger partial charge < -0.3 is 5.73 Å². The molecule has 1 aromatic rings.